The molecule has 1 aromatic rings. The zero-order valence-corrected chi connectivity index (χ0v) is 10.2. The van der Waals surface area contributed by atoms with Crippen LogP contribution in [0.15, 0.2) is 6.20 Å². The first-order valence-electron chi connectivity index (χ1n) is 4.51. The van der Waals surface area contributed by atoms with E-state index in [1.54, 1.807) is 0 Å². The summed E-state index contributed by atoms with van der Waals surface area (Å²) in [5.74, 6) is 0.0447. The molecule has 1 aromatic heterocycles. The first-order valence-corrected chi connectivity index (χ1v) is 6.93. The Hall–Kier alpha value is -0.730. The Morgan fingerprint density at radius 1 is 1.53 bits per heavy atom. The summed E-state index contributed by atoms with van der Waals surface area (Å²) in [6.07, 6.45) is 1.39. The lowest BCUT2D eigenvalue weighted by atomic mass is 10.4. The maximum atomic E-state index is 11.5. The Balaban J connectivity index is 2.39. The summed E-state index contributed by atoms with van der Waals surface area (Å²) in [6.45, 7) is 4.36. The summed E-state index contributed by atoms with van der Waals surface area (Å²) >= 11 is 1.02. The maximum Gasteiger partial charge on any atom is 0.234 e. The quantitative estimate of drug-likeness (QED) is 0.757. The van der Waals surface area contributed by atoms with Crippen molar-refractivity contribution in [2.24, 2.45) is 0 Å². The van der Waals surface area contributed by atoms with Crippen LogP contribution in [0.25, 0.3) is 0 Å². The van der Waals surface area contributed by atoms with E-state index >= 15 is 0 Å². The van der Waals surface area contributed by atoms with Crippen LogP contribution in [-0.4, -0.2) is 36.3 Å². The number of hydrogen-bond donors (Lipinski definition) is 2. The van der Waals surface area contributed by atoms with Gasteiger partial charge < -0.3 is 5.32 Å². The summed E-state index contributed by atoms with van der Waals surface area (Å²) in [4.78, 5) is 0. The van der Waals surface area contributed by atoms with Gasteiger partial charge in [-0.15, -0.1) is 5.10 Å². The van der Waals surface area contributed by atoms with E-state index in [-0.39, 0.29) is 11.8 Å². The van der Waals surface area contributed by atoms with E-state index in [2.05, 4.69) is 19.6 Å². The first-order chi connectivity index (χ1) is 6.99. The van der Waals surface area contributed by atoms with Crippen LogP contribution in [0.4, 0.5) is 5.00 Å². The molecule has 2 N–H and O–H groups in total. The van der Waals surface area contributed by atoms with Gasteiger partial charge in [0.05, 0.1) is 11.9 Å². The van der Waals surface area contributed by atoms with Gasteiger partial charge in [-0.25, -0.2) is 8.42 Å². The standard InChI is InChI=1S/C7H14N4O2S2/c1-6(2)8-3-4-15(12,13)10-7-5-9-11-14-7/h5-6,8,10H,3-4H2,1-2H3. The van der Waals surface area contributed by atoms with Gasteiger partial charge in [-0.3, -0.25) is 4.72 Å². The molecule has 0 unspecified atom stereocenters. The molecule has 0 aliphatic heterocycles. The van der Waals surface area contributed by atoms with Crippen LogP contribution in [0.2, 0.25) is 0 Å². The Kier molecular flexibility index (Phi) is 4.43. The van der Waals surface area contributed by atoms with E-state index in [1.807, 2.05) is 13.8 Å². The largest absolute Gasteiger partial charge is 0.313 e. The van der Waals surface area contributed by atoms with Crippen LogP contribution < -0.4 is 10.0 Å². The molecule has 0 fully saturated rings. The smallest absolute Gasteiger partial charge is 0.234 e. The van der Waals surface area contributed by atoms with Crippen molar-refractivity contribution in [1.82, 2.24) is 14.9 Å². The number of nitrogens with zero attached hydrogens (tertiary/aromatic N) is 2. The number of nitrogens with one attached hydrogen (secondary N) is 2. The Bertz CT molecular complexity index is 374. The monoisotopic (exact) mass is 250 g/mol. The average molecular weight is 250 g/mol. The van der Waals surface area contributed by atoms with Gasteiger partial charge in [-0.1, -0.05) is 18.3 Å². The second-order valence-electron chi connectivity index (χ2n) is 3.31. The molecule has 0 saturated heterocycles. The minimum Gasteiger partial charge on any atom is -0.313 e. The van der Waals surface area contributed by atoms with Gasteiger partial charge in [0.1, 0.15) is 5.00 Å². The van der Waals surface area contributed by atoms with Crippen molar-refractivity contribution in [3.8, 4) is 0 Å². The fourth-order valence-electron chi connectivity index (χ4n) is 0.898. The van der Waals surface area contributed by atoms with Gasteiger partial charge in [-0.05, 0) is 0 Å². The predicted molar refractivity (Wildman–Crippen MR) is 60.5 cm³/mol. The molecule has 0 amide bonds. The van der Waals surface area contributed by atoms with Crippen LogP contribution >= 0.6 is 11.5 Å². The fourth-order valence-corrected chi connectivity index (χ4v) is 2.55. The topological polar surface area (TPSA) is 84.0 Å². The van der Waals surface area contributed by atoms with Crippen molar-refractivity contribution in [2.75, 3.05) is 17.0 Å². The molecule has 6 nitrogen and oxygen atoms in total. The van der Waals surface area contributed by atoms with E-state index in [0.717, 1.165) is 11.5 Å². The number of anilines is 1. The molecule has 1 rings (SSSR count). The van der Waals surface area contributed by atoms with Gasteiger partial charge in [-0.2, -0.15) is 0 Å². The summed E-state index contributed by atoms with van der Waals surface area (Å²) in [6, 6.07) is 0.283. The summed E-state index contributed by atoms with van der Waals surface area (Å²) in [5, 5.41) is 7.02. The van der Waals surface area contributed by atoms with Gasteiger partial charge in [0, 0.05) is 24.1 Å². The van der Waals surface area contributed by atoms with E-state index in [1.165, 1.54) is 6.20 Å². The molecule has 1 heterocycles. The Morgan fingerprint density at radius 2 is 2.27 bits per heavy atom. The summed E-state index contributed by atoms with van der Waals surface area (Å²) in [7, 11) is -3.28. The molecule has 0 radical (unpaired) electrons. The molecule has 0 aromatic carbocycles. The van der Waals surface area contributed by atoms with Gasteiger partial charge in [0.15, 0.2) is 0 Å². The minimum atomic E-state index is -3.28. The number of rotatable bonds is 6. The Morgan fingerprint density at radius 3 is 2.80 bits per heavy atom. The van der Waals surface area contributed by atoms with E-state index in [0.29, 0.717) is 11.5 Å². The molecule has 0 bridgehead atoms. The van der Waals surface area contributed by atoms with Crippen molar-refractivity contribution in [1.29, 1.82) is 0 Å². The van der Waals surface area contributed by atoms with Crippen LogP contribution in [0.5, 0.6) is 0 Å². The highest BCUT2D eigenvalue weighted by Gasteiger charge is 2.11. The van der Waals surface area contributed by atoms with Crippen LogP contribution in [0.3, 0.4) is 0 Å². The normalized spacial score (nSPS) is 11.9. The number of sulfonamides is 1. The zero-order valence-electron chi connectivity index (χ0n) is 8.60. The lowest BCUT2D eigenvalue weighted by Crippen LogP contribution is -2.30. The second-order valence-corrected chi connectivity index (χ2v) is 5.94. The minimum absolute atomic E-state index is 0.0447. The third kappa shape index (κ3) is 5.05. The highest BCUT2D eigenvalue weighted by molar-refractivity contribution is 7.92. The molecule has 0 saturated carbocycles. The zero-order chi connectivity index (χ0) is 11.3. The molecule has 86 valence electrons. The highest BCUT2D eigenvalue weighted by Crippen LogP contribution is 2.11. The van der Waals surface area contributed by atoms with Crippen molar-refractivity contribution in [3.63, 3.8) is 0 Å². The molecule has 15 heavy (non-hydrogen) atoms. The van der Waals surface area contributed by atoms with E-state index < -0.39 is 10.0 Å². The number of aromatic nitrogens is 2. The summed E-state index contributed by atoms with van der Waals surface area (Å²) < 4.78 is 28.9. The third-order valence-electron chi connectivity index (χ3n) is 1.54. The SMILES string of the molecule is CC(C)NCCS(=O)(=O)Nc1cnns1. The molecule has 8 heteroatoms. The Labute approximate surface area is 93.3 Å². The second kappa shape index (κ2) is 5.38. The van der Waals surface area contributed by atoms with Crippen molar-refractivity contribution < 1.29 is 8.42 Å². The van der Waals surface area contributed by atoms with Crippen molar-refractivity contribution in [3.05, 3.63) is 6.20 Å². The van der Waals surface area contributed by atoms with E-state index in [4.69, 9.17) is 0 Å². The van der Waals surface area contributed by atoms with Gasteiger partial charge in [0.25, 0.3) is 0 Å². The average Bonchev–Trinajstić information content (AvgIpc) is 2.54. The third-order valence-corrected chi connectivity index (χ3v) is 3.52. The fraction of sp³-hybridized carbons (Fsp3) is 0.714. The molecule has 0 spiro atoms. The van der Waals surface area contributed by atoms with E-state index in [9.17, 15) is 8.42 Å². The van der Waals surface area contributed by atoms with Crippen LogP contribution in [0.1, 0.15) is 13.8 Å². The maximum absolute atomic E-state index is 11.5. The van der Waals surface area contributed by atoms with Gasteiger partial charge in [0.2, 0.25) is 10.0 Å². The summed E-state index contributed by atoms with van der Waals surface area (Å²) in [5.41, 5.74) is 0. The molecular formula is C7H14N4O2S2. The first kappa shape index (κ1) is 12.3. The van der Waals surface area contributed by atoms with Crippen LogP contribution in [0, 0.1) is 0 Å². The number of hydrogen-bond acceptors (Lipinski definition) is 6. The van der Waals surface area contributed by atoms with Gasteiger partial charge >= 0.3 is 0 Å². The van der Waals surface area contributed by atoms with Crippen LogP contribution in [-0.2, 0) is 10.0 Å². The molecule has 0 aliphatic carbocycles. The lowest BCUT2D eigenvalue weighted by molar-refractivity contribution is 0.582. The molecular weight excluding hydrogens is 236 g/mol. The molecule has 0 atom stereocenters. The van der Waals surface area contributed by atoms with Crippen molar-refractivity contribution >= 4 is 26.6 Å². The molecule has 0 aliphatic rings. The predicted octanol–water partition coefficient (Wildman–Crippen LogP) is 0.278. The van der Waals surface area contributed by atoms with Crippen molar-refractivity contribution in [2.45, 2.75) is 19.9 Å². The highest BCUT2D eigenvalue weighted by atomic mass is 32.2. The lowest BCUT2D eigenvalue weighted by Gasteiger charge is -2.08.